The van der Waals surface area contributed by atoms with Crippen LogP contribution >= 0.6 is 0 Å². The van der Waals surface area contributed by atoms with E-state index in [4.69, 9.17) is 4.74 Å². The van der Waals surface area contributed by atoms with Gasteiger partial charge in [0.05, 0.1) is 12.2 Å². The number of hydrogen-bond donors (Lipinski definition) is 0. The van der Waals surface area contributed by atoms with Crippen molar-refractivity contribution >= 4 is 0 Å². The van der Waals surface area contributed by atoms with Gasteiger partial charge < -0.3 is 4.74 Å². The second kappa shape index (κ2) is 2.68. The quantitative estimate of drug-likeness (QED) is 0.471. The third-order valence-corrected chi connectivity index (χ3v) is 5.91. The van der Waals surface area contributed by atoms with E-state index < -0.39 is 0 Å². The van der Waals surface area contributed by atoms with Gasteiger partial charge >= 0.3 is 0 Å². The fourth-order valence-electron chi connectivity index (χ4n) is 5.54. The predicted molar refractivity (Wildman–Crippen MR) is 59.3 cm³/mol. The SMILES string of the molecule is C=CC1CC2CC1C1C3C[C@H](OC3C)C21. The van der Waals surface area contributed by atoms with Crippen molar-refractivity contribution in [2.45, 2.75) is 38.4 Å². The number of ether oxygens (including phenoxy) is 1. The lowest BCUT2D eigenvalue weighted by Gasteiger charge is -2.40. The second-order valence-corrected chi connectivity index (χ2v) is 6.23. The minimum absolute atomic E-state index is 0.543. The first kappa shape index (κ1) is 8.81. The Hall–Kier alpha value is -0.300. The minimum Gasteiger partial charge on any atom is -0.375 e. The van der Waals surface area contributed by atoms with Crippen LogP contribution < -0.4 is 0 Å². The zero-order valence-electron chi connectivity index (χ0n) is 9.43. The maximum Gasteiger partial charge on any atom is 0.0616 e. The molecule has 1 heteroatoms. The summed E-state index contributed by atoms with van der Waals surface area (Å²) in [5.41, 5.74) is 0. The topological polar surface area (TPSA) is 9.23 Å². The van der Waals surface area contributed by atoms with E-state index in [-0.39, 0.29) is 0 Å². The van der Waals surface area contributed by atoms with Crippen LogP contribution in [0, 0.1) is 35.5 Å². The van der Waals surface area contributed by atoms with Crippen molar-refractivity contribution in [3.8, 4) is 0 Å². The molecule has 0 spiro atoms. The first-order valence-corrected chi connectivity index (χ1v) is 6.57. The Morgan fingerprint density at radius 3 is 2.80 bits per heavy atom. The van der Waals surface area contributed by atoms with E-state index in [1.54, 1.807) is 0 Å². The lowest BCUT2D eigenvalue weighted by Crippen LogP contribution is -2.39. The highest BCUT2D eigenvalue weighted by molar-refractivity contribution is 5.14. The number of rotatable bonds is 1. The largest absolute Gasteiger partial charge is 0.375 e. The summed E-state index contributed by atoms with van der Waals surface area (Å²) in [7, 11) is 0. The van der Waals surface area contributed by atoms with Gasteiger partial charge in [-0.1, -0.05) is 6.08 Å². The molecular formula is C14H20O. The van der Waals surface area contributed by atoms with E-state index in [1.807, 2.05) is 0 Å². The maximum atomic E-state index is 6.07. The minimum atomic E-state index is 0.543. The number of hydrogen-bond acceptors (Lipinski definition) is 1. The van der Waals surface area contributed by atoms with Gasteiger partial charge in [0.1, 0.15) is 0 Å². The molecule has 0 amide bonds. The summed E-state index contributed by atoms with van der Waals surface area (Å²) in [6.45, 7) is 6.31. The second-order valence-electron chi connectivity index (χ2n) is 6.23. The Labute approximate surface area is 91.9 Å². The summed E-state index contributed by atoms with van der Waals surface area (Å²) in [6.07, 6.45) is 7.67. The van der Waals surface area contributed by atoms with E-state index >= 15 is 0 Å². The van der Waals surface area contributed by atoms with E-state index in [1.165, 1.54) is 19.3 Å². The molecular weight excluding hydrogens is 184 g/mol. The van der Waals surface area contributed by atoms with Crippen LogP contribution in [0.5, 0.6) is 0 Å². The van der Waals surface area contributed by atoms with Crippen LogP contribution in [0.1, 0.15) is 26.2 Å². The third-order valence-electron chi connectivity index (χ3n) is 5.91. The average molecular weight is 204 g/mol. The standard InChI is InChI=1S/C14H20O/c1-3-8-4-9-5-11(8)14-10-6-12(13(9)14)15-7(10)2/h3,7-14H,1,4-6H2,2H3/t7?,8?,9?,10?,11?,12-,13?,14?/m0/s1. The first-order chi connectivity index (χ1) is 7.29. The van der Waals surface area contributed by atoms with E-state index in [2.05, 4.69) is 19.6 Å². The average Bonchev–Trinajstić information content (AvgIpc) is 2.91. The Balaban J connectivity index is 1.70. The summed E-state index contributed by atoms with van der Waals surface area (Å²) in [5.74, 6) is 5.61. The molecule has 3 aliphatic carbocycles. The van der Waals surface area contributed by atoms with Gasteiger partial charge in [-0.3, -0.25) is 0 Å². The van der Waals surface area contributed by atoms with Gasteiger partial charge in [0, 0.05) is 0 Å². The van der Waals surface area contributed by atoms with Crippen LogP contribution in [0.3, 0.4) is 0 Å². The molecule has 0 aromatic rings. The summed E-state index contributed by atoms with van der Waals surface area (Å²) >= 11 is 0. The Kier molecular flexibility index (Phi) is 1.58. The molecule has 4 rings (SSSR count). The molecule has 0 aromatic heterocycles. The highest BCUT2D eigenvalue weighted by Crippen LogP contribution is 2.66. The van der Waals surface area contributed by atoms with Crippen LogP contribution in [-0.2, 0) is 4.74 Å². The van der Waals surface area contributed by atoms with Gasteiger partial charge in [0.2, 0.25) is 0 Å². The van der Waals surface area contributed by atoms with Gasteiger partial charge in [-0.2, -0.15) is 0 Å². The molecule has 1 aliphatic heterocycles. The molecule has 7 unspecified atom stereocenters. The number of allylic oxidation sites excluding steroid dienone is 1. The highest BCUT2D eigenvalue weighted by Gasteiger charge is 2.64. The smallest absolute Gasteiger partial charge is 0.0616 e. The lowest BCUT2D eigenvalue weighted by atomic mass is 9.70. The van der Waals surface area contributed by atoms with E-state index in [9.17, 15) is 0 Å². The molecule has 1 heterocycles. The Morgan fingerprint density at radius 1 is 1.13 bits per heavy atom. The molecule has 1 saturated heterocycles. The van der Waals surface area contributed by atoms with Crippen LogP contribution in [0.2, 0.25) is 0 Å². The van der Waals surface area contributed by atoms with Crippen LogP contribution in [-0.4, -0.2) is 12.2 Å². The van der Waals surface area contributed by atoms with Crippen molar-refractivity contribution in [2.24, 2.45) is 35.5 Å². The highest BCUT2D eigenvalue weighted by atomic mass is 16.5. The maximum absolute atomic E-state index is 6.07. The molecule has 15 heavy (non-hydrogen) atoms. The van der Waals surface area contributed by atoms with Gasteiger partial charge in [-0.05, 0) is 61.7 Å². The van der Waals surface area contributed by atoms with Crippen LogP contribution in [0.15, 0.2) is 12.7 Å². The lowest BCUT2D eigenvalue weighted by molar-refractivity contribution is -0.0697. The van der Waals surface area contributed by atoms with Gasteiger partial charge in [0.15, 0.2) is 0 Å². The van der Waals surface area contributed by atoms with Crippen molar-refractivity contribution in [1.82, 2.24) is 0 Å². The molecule has 4 bridgehead atoms. The first-order valence-electron chi connectivity index (χ1n) is 6.57. The fourth-order valence-corrected chi connectivity index (χ4v) is 5.54. The Bertz CT molecular complexity index is 310. The Morgan fingerprint density at radius 2 is 2.00 bits per heavy atom. The molecule has 82 valence electrons. The normalized spacial score (nSPS) is 64.9. The molecule has 0 aromatic carbocycles. The van der Waals surface area contributed by atoms with E-state index in [0.717, 1.165) is 35.5 Å². The summed E-state index contributed by atoms with van der Waals surface area (Å²) in [4.78, 5) is 0. The molecule has 0 radical (unpaired) electrons. The van der Waals surface area contributed by atoms with Crippen LogP contribution in [0.4, 0.5) is 0 Å². The van der Waals surface area contributed by atoms with Crippen LogP contribution in [0.25, 0.3) is 0 Å². The van der Waals surface area contributed by atoms with Crippen molar-refractivity contribution in [3.05, 3.63) is 12.7 Å². The zero-order valence-corrected chi connectivity index (χ0v) is 9.43. The van der Waals surface area contributed by atoms with E-state index in [0.29, 0.717) is 12.2 Å². The molecule has 0 N–H and O–H groups in total. The van der Waals surface area contributed by atoms with Gasteiger partial charge in [-0.25, -0.2) is 0 Å². The monoisotopic (exact) mass is 204 g/mol. The van der Waals surface area contributed by atoms with Gasteiger partial charge in [-0.15, -0.1) is 6.58 Å². The van der Waals surface area contributed by atoms with Crippen molar-refractivity contribution in [2.75, 3.05) is 0 Å². The summed E-state index contributed by atoms with van der Waals surface area (Å²) < 4.78 is 6.07. The molecule has 3 saturated carbocycles. The molecule has 1 nitrogen and oxygen atoms in total. The molecule has 4 fully saturated rings. The third kappa shape index (κ3) is 0.898. The zero-order chi connectivity index (χ0) is 10.2. The van der Waals surface area contributed by atoms with Crippen molar-refractivity contribution in [3.63, 3.8) is 0 Å². The van der Waals surface area contributed by atoms with Crippen molar-refractivity contribution < 1.29 is 4.74 Å². The summed E-state index contributed by atoms with van der Waals surface area (Å²) in [5, 5.41) is 0. The van der Waals surface area contributed by atoms with Gasteiger partial charge in [0.25, 0.3) is 0 Å². The molecule has 4 aliphatic rings. The predicted octanol–water partition coefficient (Wildman–Crippen LogP) is 2.87. The fraction of sp³-hybridized carbons (Fsp3) is 0.857. The number of fused-ring (bicyclic) bond motifs is 9. The van der Waals surface area contributed by atoms with Crippen molar-refractivity contribution in [1.29, 1.82) is 0 Å². The summed E-state index contributed by atoms with van der Waals surface area (Å²) in [6, 6.07) is 0. The molecule has 8 atom stereocenters.